The summed E-state index contributed by atoms with van der Waals surface area (Å²) in [6, 6.07) is 14.7. The number of ether oxygens (including phenoxy) is 1. The minimum atomic E-state index is -0.123. The maximum atomic E-state index is 13.4. The molecule has 1 saturated carbocycles. The molecule has 0 radical (unpaired) electrons. The number of methoxy groups -OCH3 is 1. The van der Waals surface area contributed by atoms with Gasteiger partial charge in [0, 0.05) is 36.8 Å². The van der Waals surface area contributed by atoms with Gasteiger partial charge < -0.3 is 20.7 Å². The van der Waals surface area contributed by atoms with E-state index >= 15 is 0 Å². The summed E-state index contributed by atoms with van der Waals surface area (Å²) in [5.74, 6) is 0.549. The third-order valence-electron chi connectivity index (χ3n) is 5.38. The Morgan fingerprint density at radius 3 is 2.52 bits per heavy atom. The molecule has 1 aliphatic carbocycles. The van der Waals surface area contributed by atoms with Gasteiger partial charge >= 0.3 is 0 Å². The molecule has 6 nitrogen and oxygen atoms in total. The number of hydrogen-bond acceptors (Lipinski definition) is 4. The molecule has 2 amide bonds. The van der Waals surface area contributed by atoms with Crippen LogP contribution in [0.3, 0.4) is 0 Å². The van der Waals surface area contributed by atoms with Gasteiger partial charge in [-0.2, -0.15) is 0 Å². The first-order valence-electron chi connectivity index (χ1n) is 10.0. The van der Waals surface area contributed by atoms with Crippen molar-refractivity contribution < 1.29 is 14.3 Å². The first-order chi connectivity index (χ1) is 14.0. The van der Waals surface area contributed by atoms with Gasteiger partial charge in [-0.15, -0.1) is 0 Å². The van der Waals surface area contributed by atoms with Crippen LogP contribution in [-0.4, -0.2) is 35.9 Å². The zero-order chi connectivity index (χ0) is 20.8. The second-order valence-electron chi connectivity index (χ2n) is 7.56. The second-order valence-corrected chi connectivity index (χ2v) is 7.56. The molecule has 0 spiro atoms. The average molecular weight is 396 g/mol. The summed E-state index contributed by atoms with van der Waals surface area (Å²) in [5.41, 5.74) is 8.71. The van der Waals surface area contributed by atoms with Crippen LogP contribution in [0.4, 0.5) is 5.69 Å². The zero-order valence-corrected chi connectivity index (χ0v) is 17.1. The minimum absolute atomic E-state index is 0.0113. The highest BCUT2D eigenvalue weighted by Gasteiger charge is 2.31. The molecule has 1 aliphatic rings. The van der Waals surface area contributed by atoms with E-state index in [0.29, 0.717) is 17.9 Å². The Morgan fingerprint density at radius 1 is 1.14 bits per heavy atom. The Labute approximate surface area is 172 Å². The molecule has 3 rings (SSSR count). The number of nitrogens with one attached hydrogen (secondary N) is 1. The van der Waals surface area contributed by atoms with Crippen molar-refractivity contribution in [3.8, 4) is 5.75 Å². The molecule has 2 unspecified atom stereocenters. The van der Waals surface area contributed by atoms with Gasteiger partial charge in [0.05, 0.1) is 7.11 Å². The van der Waals surface area contributed by atoms with Crippen molar-refractivity contribution in [3.05, 3.63) is 59.7 Å². The van der Waals surface area contributed by atoms with Gasteiger partial charge in [0.2, 0.25) is 5.91 Å². The number of carbonyl (C=O) groups excluding carboxylic acids is 2. The van der Waals surface area contributed by atoms with Crippen LogP contribution in [0.1, 0.15) is 48.5 Å². The molecular weight excluding hydrogens is 366 g/mol. The van der Waals surface area contributed by atoms with E-state index in [1.165, 1.54) is 6.92 Å². The lowest BCUT2D eigenvalue weighted by molar-refractivity contribution is -0.114. The van der Waals surface area contributed by atoms with E-state index in [4.69, 9.17) is 10.5 Å². The lowest BCUT2D eigenvalue weighted by Gasteiger charge is -2.38. The van der Waals surface area contributed by atoms with E-state index in [0.717, 1.165) is 36.9 Å². The Kier molecular flexibility index (Phi) is 6.88. The second kappa shape index (κ2) is 9.56. The summed E-state index contributed by atoms with van der Waals surface area (Å²) in [5, 5.41) is 2.80. The van der Waals surface area contributed by atoms with Crippen LogP contribution in [0.5, 0.6) is 5.75 Å². The van der Waals surface area contributed by atoms with Crippen molar-refractivity contribution in [1.29, 1.82) is 0 Å². The number of hydrogen-bond donors (Lipinski definition) is 2. The first kappa shape index (κ1) is 20.9. The molecule has 0 heterocycles. The molecule has 6 heteroatoms. The molecule has 154 valence electrons. The van der Waals surface area contributed by atoms with Crippen molar-refractivity contribution in [2.75, 3.05) is 12.4 Å². The van der Waals surface area contributed by atoms with Crippen LogP contribution >= 0.6 is 0 Å². The molecule has 29 heavy (non-hydrogen) atoms. The predicted octanol–water partition coefficient (Wildman–Crippen LogP) is 3.57. The maximum Gasteiger partial charge on any atom is 0.254 e. The van der Waals surface area contributed by atoms with Gasteiger partial charge in [-0.25, -0.2) is 0 Å². The molecule has 0 bridgehead atoms. The Morgan fingerprint density at radius 2 is 1.86 bits per heavy atom. The van der Waals surface area contributed by atoms with Crippen LogP contribution in [0.15, 0.2) is 48.5 Å². The van der Waals surface area contributed by atoms with Gasteiger partial charge in [-0.3, -0.25) is 9.59 Å². The van der Waals surface area contributed by atoms with Crippen LogP contribution in [0.2, 0.25) is 0 Å². The first-order valence-corrected chi connectivity index (χ1v) is 10.0. The number of carbonyl (C=O) groups is 2. The van der Waals surface area contributed by atoms with Crippen molar-refractivity contribution in [2.24, 2.45) is 5.73 Å². The van der Waals surface area contributed by atoms with Crippen LogP contribution in [-0.2, 0) is 11.3 Å². The minimum Gasteiger partial charge on any atom is -0.497 e. The van der Waals surface area contributed by atoms with Gasteiger partial charge in [0.15, 0.2) is 0 Å². The molecule has 2 aromatic carbocycles. The van der Waals surface area contributed by atoms with Crippen LogP contribution in [0.25, 0.3) is 0 Å². The largest absolute Gasteiger partial charge is 0.497 e. The number of rotatable bonds is 6. The number of amides is 2. The summed E-state index contributed by atoms with van der Waals surface area (Å²) >= 11 is 0. The number of nitrogens with zero attached hydrogens (tertiary/aromatic N) is 1. The molecule has 0 aliphatic heterocycles. The van der Waals surface area contributed by atoms with Crippen LogP contribution in [0, 0.1) is 0 Å². The quantitative estimate of drug-likeness (QED) is 0.783. The van der Waals surface area contributed by atoms with E-state index in [1.807, 2.05) is 29.2 Å². The van der Waals surface area contributed by atoms with E-state index < -0.39 is 0 Å². The van der Waals surface area contributed by atoms with Crippen molar-refractivity contribution >= 4 is 17.5 Å². The van der Waals surface area contributed by atoms with Gasteiger partial charge in [0.1, 0.15) is 5.75 Å². The van der Waals surface area contributed by atoms with E-state index in [1.54, 1.807) is 31.4 Å². The Bertz CT molecular complexity index is 851. The molecule has 0 saturated heterocycles. The fourth-order valence-electron chi connectivity index (χ4n) is 3.91. The molecule has 0 aromatic heterocycles. The highest BCUT2D eigenvalue weighted by atomic mass is 16.5. The van der Waals surface area contributed by atoms with Gasteiger partial charge in [-0.05, 0) is 54.8 Å². The summed E-state index contributed by atoms with van der Waals surface area (Å²) in [7, 11) is 1.60. The summed E-state index contributed by atoms with van der Waals surface area (Å²) in [6.45, 7) is 1.92. The topological polar surface area (TPSA) is 84.7 Å². The standard InChI is InChI=1S/C23H29N3O3/c1-16(27)25-19-7-5-6-17(14-19)15-26(22-9-4-3-8-21(22)24)23(28)18-10-12-20(29-2)13-11-18/h5-7,10-14,21-22H,3-4,8-9,15,24H2,1-2H3,(H,25,27). The average Bonchev–Trinajstić information content (AvgIpc) is 2.72. The molecule has 2 atom stereocenters. The smallest absolute Gasteiger partial charge is 0.254 e. The molecule has 2 aromatic rings. The molecule has 3 N–H and O–H groups in total. The van der Waals surface area contributed by atoms with Crippen molar-refractivity contribution in [2.45, 2.75) is 51.2 Å². The number of nitrogens with two attached hydrogens (primary N) is 1. The SMILES string of the molecule is COc1ccc(C(=O)N(Cc2cccc(NC(C)=O)c2)C2CCCCC2N)cc1. The van der Waals surface area contributed by atoms with Crippen molar-refractivity contribution in [1.82, 2.24) is 4.90 Å². The summed E-state index contributed by atoms with van der Waals surface area (Å²) in [4.78, 5) is 26.7. The van der Waals surface area contributed by atoms with Crippen molar-refractivity contribution in [3.63, 3.8) is 0 Å². The molecular formula is C23H29N3O3. The summed E-state index contributed by atoms with van der Waals surface area (Å²) in [6.07, 6.45) is 3.98. The Balaban J connectivity index is 1.88. The maximum absolute atomic E-state index is 13.4. The molecule has 1 fully saturated rings. The number of anilines is 1. The third-order valence-corrected chi connectivity index (χ3v) is 5.38. The normalized spacial score (nSPS) is 18.7. The monoisotopic (exact) mass is 395 g/mol. The zero-order valence-electron chi connectivity index (χ0n) is 17.1. The highest BCUT2D eigenvalue weighted by molar-refractivity contribution is 5.94. The van der Waals surface area contributed by atoms with E-state index in [9.17, 15) is 9.59 Å². The lowest BCUT2D eigenvalue weighted by atomic mass is 9.89. The Hall–Kier alpha value is -2.86. The predicted molar refractivity (Wildman–Crippen MR) is 114 cm³/mol. The fourth-order valence-corrected chi connectivity index (χ4v) is 3.91. The van der Waals surface area contributed by atoms with Gasteiger partial charge in [0.25, 0.3) is 5.91 Å². The van der Waals surface area contributed by atoms with Gasteiger partial charge in [-0.1, -0.05) is 25.0 Å². The summed E-state index contributed by atoms with van der Waals surface area (Å²) < 4.78 is 5.20. The number of benzene rings is 2. The third kappa shape index (κ3) is 5.35. The lowest BCUT2D eigenvalue weighted by Crippen LogP contribution is -2.51. The van der Waals surface area contributed by atoms with E-state index in [-0.39, 0.29) is 23.9 Å². The van der Waals surface area contributed by atoms with E-state index in [2.05, 4.69) is 5.32 Å². The van der Waals surface area contributed by atoms with Crippen LogP contribution < -0.4 is 15.8 Å². The fraction of sp³-hybridized carbons (Fsp3) is 0.391. The highest BCUT2D eigenvalue weighted by Crippen LogP contribution is 2.26.